The van der Waals surface area contributed by atoms with Gasteiger partial charge in [-0.05, 0) is 43.7 Å². The summed E-state index contributed by atoms with van der Waals surface area (Å²) in [5, 5.41) is 4.72. The molecule has 0 unspecified atom stereocenters. The normalized spacial score (nSPS) is 13.6. The maximum absolute atomic E-state index is 13.4. The first-order valence-electron chi connectivity index (χ1n) is 12.1. The molecule has 1 aliphatic heterocycles. The van der Waals surface area contributed by atoms with Crippen LogP contribution in [0.4, 0.5) is 14.5 Å². The molecule has 1 aliphatic rings. The molecule has 1 amide bonds. The second-order valence-corrected chi connectivity index (χ2v) is 9.21. The van der Waals surface area contributed by atoms with Crippen LogP contribution in [0.1, 0.15) is 37.0 Å². The summed E-state index contributed by atoms with van der Waals surface area (Å²) in [6, 6.07) is 8.75. The molecule has 0 radical (unpaired) electrons. The third-order valence-electron chi connectivity index (χ3n) is 6.10. The number of nitrogens with zero attached hydrogens (tertiary/aromatic N) is 4. The summed E-state index contributed by atoms with van der Waals surface area (Å²) in [7, 11) is 0. The molecule has 0 saturated heterocycles. The number of carbonyl (C=O) groups excluding carboxylic acids is 2. The molecule has 0 bridgehead atoms. The largest absolute Gasteiger partial charge is 0.586 e. The molecular formula is C26H22ClF2N5O5. The van der Waals surface area contributed by atoms with E-state index in [9.17, 15) is 23.2 Å². The number of aromatic nitrogens is 4. The maximum Gasteiger partial charge on any atom is 0.586 e. The molecule has 39 heavy (non-hydrogen) atoms. The van der Waals surface area contributed by atoms with Crippen LogP contribution in [0.15, 0.2) is 47.5 Å². The molecule has 0 fully saturated rings. The predicted octanol–water partition coefficient (Wildman–Crippen LogP) is 4.80. The van der Waals surface area contributed by atoms with Gasteiger partial charge in [-0.1, -0.05) is 18.5 Å². The van der Waals surface area contributed by atoms with Crippen molar-refractivity contribution in [1.82, 2.24) is 19.7 Å². The number of ether oxygens (including phenoxy) is 2. The summed E-state index contributed by atoms with van der Waals surface area (Å²) >= 11 is 6.31. The Morgan fingerprint density at radius 1 is 1.13 bits per heavy atom. The van der Waals surface area contributed by atoms with Crippen LogP contribution in [-0.4, -0.2) is 44.3 Å². The second kappa shape index (κ2) is 10.1. The molecule has 3 heterocycles. The van der Waals surface area contributed by atoms with Crippen LogP contribution >= 0.6 is 11.6 Å². The van der Waals surface area contributed by atoms with E-state index in [-0.39, 0.29) is 46.2 Å². The summed E-state index contributed by atoms with van der Waals surface area (Å²) in [5.74, 6) is -0.997. The number of hydrogen-bond donors (Lipinski definition) is 1. The number of H-pyrrole nitrogens is 1. The van der Waals surface area contributed by atoms with E-state index in [1.54, 1.807) is 25.1 Å². The lowest BCUT2D eigenvalue weighted by molar-refractivity contribution is -0.286. The standard InChI is InChI=1S/C26H22ClF2N5O5/c1-3-5-18(35)14-8-15(10-16(27)9-14)22-23-24(31-13-30-23)25(37)34(32-22)12-21(36)33(4-2)17-6-7-19-20(11-17)39-26(28,29)38-19/h6-11,13H,3-5,12H2,1-2H3,(H,30,31). The van der Waals surface area contributed by atoms with Crippen molar-refractivity contribution in [2.75, 3.05) is 11.4 Å². The highest BCUT2D eigenvalue weighted by Gasteiger charge is 2.43. The summed E-state index contributed by atoms with van der Waals surface area (Å²) < 4.78 is 36.8. The Morgan fingerprint density at radius 3 is 2.64 bits per heavy atom. The summed E-state index contributed by atoms with van der Waals surface area (Å²) in [6.45, 7) is 3.28. The molecule has 0 saturated carbocycles. The number of nitrogens with one attached hydrogen (secondary N) is 1. The first kappa shape index (κ1) is 26.3. The number of rotatable bonds is 8. The zero-order valence-corrected chi connectivity index (χ0v) is 21.6. The molecule has 5 rings (SSSR count). The lowest BCUT2D eigenvalue weighted by atomic mass is 10.0. The maximum atomic E-state index is 13.4. The molecule has 0 spiro atoms. The van der Waals surface area contributed by atoms with Crippen molar-refractivity contribution >= 4 is 40.0 Å². The van der Waals surface area contributed by atoms with E-state index >= 15 is 0 Å². The number of Topliss-reactive ketones (excluding diaryl/α,β-unsaturated/α-hetero) is 1. The van der Waals surface area contributed by atoms with Gasteiger partial charge in [-0.2, -0.15) is 5.10 Å². The Hall–Kier alpha value is -4.32. The predicted molar refractivity (Wildman–Crippen MR) is 139 cm³/mol. The van der Waals surface area contributed by atoms with Gasteiger partial charge < -0.3 is 19.4 Å². The molecule has 2 aromatic carbocycles. The van der Waals surface area contributed by atoms with Gasteiger partial charge in [0.1, 0.15) is 23.3 Å². The number of halogens is 3. The number of likely N-dealkylation sites (N-methyl/N-ethyl adjacent to an activating group) is 1. The first-order valence-corrected chi connectivity index (χ1v) is 12.5. The fourth-order valence-electron chi connectivity index (χ4n) is 4.36. The van der Waals surface area contributed by atoms with Crippen LogP contribution < -0.4 is 19.9 Å². The third-order valence-corrected chi connectivity index (χ3v) is 6.32. The number of amides is 1. The number of carbonyl (C=O) groups is 2. The molecule has 13 heteroatoms. The van der Waals surface area contributed by atoms with Crippen molar-refractivity contribution in [3.05, 3.63) is 63.7 Å². The minimum Gasteiger partial charge on any atom is -0.395 e. The Labute approximate surface area is 225 Å². The molecule has 1 N–H and O–H groups in total. The number of alkyl halides is 2. The van der Waals surface area contributed by atoms with Crippen LogP contribution in [0.25, 0.3) is 22.3 Å². The van der Waals surface area contributed by atoms with Crippen molar-refractivity contribution in [1.29, 1.82) is 0 Å². The third kappa shape index (κ3) is 5.07. The van der Waals surface area contributed by atoms with Gasteiger partial charge in [0.15, 0.2) is 17.3 Å². The van der Waals surface area contributed by atoms with E-state index < -0.39 is 24.3 Å². The summed E-state index contributed by atoms with van der Waals surface area (Å²) in [5.41, 5.74) is 1.14. The molecule has 0 aliphatic carbocycles. The van der Waals surface area contributed by atoms with E-state index in [1.165, 1.54) is 29.4 Å². The molecule has 202 valence electrons. The lowest BCUT2D eigenvalue weighted by Crippen LogP contribution is -2.37. The average molecular weight is 558 g/mol. The van der Waals surface area contributed by atoms with Crippen LogP contribution in [0, 0.1) is 0 Å². The topological polar surface area (TPSA) is 119 Å². The Bertz CT molecular complexity index is 1670. The van der Waals surface area contributed by atoms with Crippen molar-refractivity contribution in [2.45, 2.75) is 39.5 Å². The smallest absolute Gasteiger partial charge is 0.395 e. The number of benzene rings is 2. The fourth-order valence-corrected chi connectivity index (χ4v) is 4.60. The van der Waals surface area contributed by atoms with Crippen molar-refractivity contribution in [3.8, 4) is 22.8 Å². The summed E-state index contributed by atoms with van der Waals surface area (Å²) in [6.07, 6.45) is -1.47. The van der Waals surface area contributed by atoms with Crippen LogP contribution in [-0.2, 0) is 11.3 Å². The number of aromatic amines is 1. The molecule has 10 nitrogen and oxygen atoms in total. The molecular weight excluding hydrogens is 536 g/mol. The number of anilines is 1. The van der Waals surface area contributed by atoms with Gasteiger partial charge in [0.2, 0.25) is 5.91 Å². The first-order chi connectivity index (χ1) is 18.6. The quantitative estimate of drug-likeness (QED) is 0.309. The zero-order chi connectivity index (χ0) is 27.9. The molecule has 0 atom stereocenters. The van der Waals surface area contributed by atoms with Gasteiger partial charge in [-0.15, -0.1) is 8.78 Å². The van der Waals surface area contributed by atoms with Gasteiger partial charge in [-0.25, -0.2) is 9.67 Å². The minimum atomic E-state index is -3.80. The van der Waals surface area contributed by atoms with Crippen molar-refractivity contribution < 1.29 is 27.8 Å². The van der Waals surface area contributed by atoms with Crippen LogP contribution in [0.5, 0.6) is 11.5 Å². The van der Waals surface area contributed by atoms with Gasteiger partial charge >= 0.3 is 6.29 Å². The minimum absolute atomic E-state index is 0.0944. The van der Waals surface area contributed by atoms with Gasteiger partial charge in [0.25, 0.3) is 5.56 Å². The lowest BCUT2D eigenvalue weighted by Gasteiger charge is -2.21. The zero-order valence-electron chi connectivity index (χ0n) is 20.8. The van der Waals surface area contributed by atoms with Gasteiger partial charge in [-0.3, -0.25) is 14.4 Å². The van der Waals surface area contributed by atoms with Crippen molar-refractivity contribution in [3.63, 3.8) is 0 Å². The Morgan fingerprint density at radius 2 is 1.90 bits per heavy atom. The van der Waals surface area contributed by atoms with E-state index in [4.69, 9.17) is 11.6 Å². The second-order valence-electron chi connectivity index (χ2n) is 8.78. The van der Waals surface area contributed by atoms with Gasteiger partial charge in [0.05, 0.1) is 6.33 Å². The Kier molecular flexibility index (Phi) is 6.81. The number of hydrogen-bond acceptors (Lipinski definition) is 7. The number of imidazole rings is 1. The number of ketones is 1. The highest BCUT2D eigenvalue weighted by Crippen LogP contribution is 2.42. The highest BCUT2D eigenvalue weighted by atomic mass is 35.5. The van der Waals surface area contributed by atoms with Crippen LogP contribution in [0.2, 0.25) is 5.02 Å². The van der Waals surface area contributed by atoms with Gasteiger partial charge in [0, 0.05) is 40.9 Å². The average Bonchev–Trinajstić information content (AvgIpc) is 3.49. The summed E-state index contributed by atoms with van der Waals surface area (Å²) in [4.78, 5) is 47.3. The van der Waals surface area contributed by atoms with E-state index in [1.807, 2.05) is 6.92 Å². The SMILES string of the molecule is CCCC(=O)c1cc(Cl)cc(-c2nn(CC(=O)N(CC)c3ccc4c(c3)OC(F)(F)O4)c(=O)c3[nH]cnc23)c1. The fraction of sp³-hybridized carbons (Fsp3) is 0.269. The monoisotopic (exact) mass is 557 g/mol. The molecule has 4 aromatic rings. The van der Waals surface area contributed by atoms with E-state index in [0.717, 1.165) is 4.68 Å². The van der Waals surface area contributed by atoms with E-state index in [2.05, 4.69) is 24.5 Å². The van der Waals surface area contributed by atoms with Crippen molar-refractivity contribution in [2.24, 2.45) is 0 Å². The number of fused-ring (bicyclic) bond motifs is 2. The van der Waals surface area contributed by atoms with E-state index in [0.29, 0.717) is 29.0 Å². The Balaban J connectivity index is 1.51. The van der Waals surface area contributed by atoms with Crippen LogP contribution in [0.3, 0.4) is 0 Å². The highest BCUT2D eigenvalue weighted by molar-refractivity contribution is 6.31. The molecule has 2 aromatic heterocycles.